The molecule has 30 heavy (non-hydrogen) atoms. The summed E-state index contributed by atoms with van der Waals surface area (Å²) < 4.78 is 15.5. The van der Waals surface area contributed by atoms with E-state index < -0.39 is 36.5 Å². The Balaban J connectivity index is 0.00000420. The molecule has 0 saturated carbocycles. The van der Waals surface area contributed by atoms with Crippen molar-refractivity contribution >= 4 is 25.4 Å². The highest BCUT2D eigenvalue weighted by Gasteiger charge is 2.27. The van der Waals surface area contributed by atoms with Crippen molar-refractivity contribution in [2.24, 2.45) is 4.74 Å². The molecule has 0 bridgehead atoms. The Hall–Kier alpha value is -3.32. The minimum Gasteiger partial charge on any atom is -0.478 e. The molecule has 1 atom stereocenters. The van der Waals surface area contributed by atoms with E-state index >= 15 is 0 Å². The SMILES string of the molecule is C.C.CN=P(C)(Oc1cccc(C)c1C(=O)O)Oc1cccc(C(=O)O)c1C(=O)O. The summed E-state index contributed by atoms with van der Waals surface area (Å²) in [4.78, 5) is 34.5. The van der Waals surface area contributed by atoms with Crippen LogP contribution in [0.15, 0.2) is 41.1 Å². The molecule has 164 valence electrons. The highest BCUT2D eigenvalue weighted by Crippen LogP contribution is 2.50. The monoisotopic (exact) mass is 439 g/mol. The molecule has 2 rings (SSSR count). The van der Waals surface area contributed by atoms with Crippen LogP contribution in [0.3, 0.4) is 0 Å². The number of hydrogen-bond acceptors (Lipinski definition) is 6. The number of hydrogen-bond donors (Lipinski definition) is 3. The number of aryl methyl sites for hydroxylation is 1. The van der Waals surface area contributed by atoms with Gasteiger partial charge in [-0.1, -0.05) is 33.1 Å². The summed E-state index contributed by atoms with van der Waals surface area (Å²) in [5, 5.41) is 28.1. The standard InChI is InChI=1S/C18H18NO8P.2CH4/c1-10-6-4-8-12(14(10)17(22)23)26-28(3,19-2)27-13-9-5-7-11(16(20)21)15(13)18(24)25;;/h4-9H,1-3H3,(H,20,21)(H,22,23)(H,24,25);2*1H4. The minimum absolute atomic E-state index is 0. The summed E-state index contributed by atoms with van der Waals surface area (Å²) in [6.07, 6.45) is 0. The Morgan fingerprint density at radius 2 is 1.30 bits per heavy atom. The summed E-state index contributed by atoms with van der Waals surface area (Å²) in [5.74, 6) is -4.34. The van der Waals surface area contributed by atoms with Crippen LogP contribution >= 0.6 is 7.51 Å². The van der Waals surface area contributed by atoms with Crippen LogP contribution in [-0.2, 0) is 0 Å². The van der Waals surface area contributed by atoms with Gasteiger partial charge in [-0.3, -0.25) is 0 Å². The van der Waals surface area contributed by atoms with Crippen molar-refractivity contribution < 1.29 is 38.8 Å². The molecule has 10 heteroatoms. The molecule has 1 unspecified atom stereocenters. The van der Waals surface area contributed by atoms with E-state index in [1.54, 1.807) is 19.1 Å². The minimum atomic E-state index is -3.19. The quantitative estimate of drug-likeness (QED) is 0.505. The van der Waals surface area contributed by atoms with Crippen LogP contribution in [0.5, 0.6) is 11.5 Å². The maximum atomic E-state index is 11.6. The summed E-state index contributed by atoms with van der Waals surface area (Å²) in [6, 6.07) is 8.41. The number of aromatic carboxylic acids is 3. The van der Waals surface area contributed by atoms with E-state index in [9.17, 15) is 29.7 Å². The second-order valence-corrected chi connectivity index (χ2v) is 8.10. The third kappa shape index (κ3) is 5.61. The van der Waals surface area contributed by atoms with Crippen LogP contribution in [0.1, 0.15) is 51.5 Å². The summed E-state index contributed by atoms with van der Waals surface area (Å²) >= 11 is 0. The van der Waals surface area contributed by atoms with Crippen LogP contribution in [0, 0.1) is 6.92 Å². The van der Waals surface area contributed by atoms with Gasteiger partial charge in [-0.2, -0.15) is 0 Å². The molecule has 9 nitrogen and oxygen atoms in total. The van der Waals surface area contributed by atoms with E-state index in [1.165, 1.54) is 31.9 Å². The summed E-state index contributed by atoms with van der Waals surface area (Å²) in [6.45, 7) is 3.06. The van der Waals surface area contributed by atoms with Gasteiger partial charge in [-0.15, -0.1) is 0 Å². The highest BCUT2D eigenvalue weighted by atomic mass is 31.2. The molecule has 0 amide bonds. The Labute approximate surface area is 175 Å². The zero-order valence-electron chi connectivity index (χ0n) is 15.2. The van der Waals surface area contributed by atoms with Gasteiger partial charge < -0.3 is 24.4 Å². The third-order valence-electron chi connectivity index (χ3n) is 3.82. The van der Waals surface area contributed by atoms with Crippen LogP contribution in [0.2, 0.25) is 0 Å². The number of nitrogens with zero attached hydrogens (tertiary/aromatic N) is 1. The maximum absolute atomic E-state index is 11.6. The lowest BCUT2D eigenvalue weighted by Crippen LogP contribution is -2.12. The van der Waals surface area contributed by atoms with E-state index in [1.807, 2.05) is 0 Å². The van der Waals surface area contributed by atoms with Crippen molar-refractivity contribution in [1.29, 1.82) is 0 Å². The molecule has 2 aromatic carbocycles. The van der Waals surface area contributed by atoms with Gasteiger partial charge >= 0.3 is 25.4 Å². The molecule has 0 radical (unpaired) electrons. The van der Waals surface area contributed by atoms with Crippen LogP contribution < -0.4 is 9.05 Å². The molecular formula is C20H26NO8P. The summed E-state index contributed by atoms with van der Waals surface area (Å²) in [5.41, 5.74) is -0.601. The number of benzene rings is 2. The molecule has 3 N–H and O–H groups in total. The van der Waals surface area contributed by atoms with Crippen molar-refractivity contribution in [2.75, 3.05) is 13.7 Å². The fraction of sp³-hybridized carbons (Fsp3) is 0.250. The normalized spacial score (nSPS) is 11.7. The largest absolute Gasteiger partial charge is 0.478 e. The lowest BCUT2D eigenvalue weighted by atomic mass is 10.1. The first-order chi connectivity index (χ1) is 13.1. The van der Waals surface area contributed by atoms with Crippen molar-refractivity contribution in [3.05, 3.63) is 58.7 Å². The van der Waals surface area contributed by atoms with Gasteiger partial charge in [-0.25, -0.2) is 19.1 Å². The lowest BCUT2D eigenvalue weighted by molar-refractivity contribution is 0.0649. The Morgan fingerprint density at radius 3 is 1.73 bits per heavy atom. The zero-order valence-corrected chi connectivity index (χ0v) is 16.1. The van der Waals surface area contributed by atoms with Crippen LogP contribution in [0.25, 0.3) is 0 Å². The first-order valence-corrected chi connectivity index (χ1v) is 9.91. The van der Waals surface area contributed by atoms with Gasteiger partial charge in [0.1, 0.15) is 22.6 Å². The molecule has 0 fully saturated rings. The average molecular weight is 439 g/mol. The Morgan fingerprint density at radius 1 is 0.833 bits per heavy atom. The molecule has 0 aromatic heterocycles. The van der Waals surface area contributed by atoms with E-state index in [4.69, 9.17) is 9.05 Å². The van der Waals surface area contributed by atoms with Crippen molar-refractivity contribution in [3.63, 3.8) is 0 Å². The van der Waals surface area contributed by atoms with Crippen molar-refractivity contribution in [2.45, 2.75) is 21.8 Å². The first kappa shape index (κ1) is 26.7. The van der Waals surface area contributed by atoms with Crippen molar-refractivity contribution in [1.82, 2.24) is 0 Å². The molecule has 0 heterocycles. The topological polar surface area (TPSA) is 143 Å². The molecular weight excluding hydrogens is 413 g/mol. The van der Waals surface area contributed by atoms with E-state index in [0.717, 1.165) is 6.07 Å². The van der Waals surface area contributed by atoms with Gasteiger partial charge in [0.2, 0.25) is 0 Å². The van der Waals surface area contributed by atoms with E-state index in [0.29, 0.717) is 5.56 Å². The smallest absolute Gasteiger partial charge is 0.340 e. The summed E-state index contributed by atoms with van der Waals surface area (Å²) in [7, 11) is -1.81. The molecule has 2 aromatic rings. The second kappa shape index (κ2) is 10.5. The van der Waals surface area contributed by atoms with Gasteiger partial charge in [0.25, 0.3) is 0 Å². The molecule has 0 aliphatic rings. The van der Waals surface area contributed by atoms with Crippen molar-refractivity contribution in [3.8, 4) is 11.5 Å². The van der Waals surface area contributed by atoms with E-state index in [-0.39, 0.29) is 31.9 Å². The van der Waals surface area contributed by atoms with Gasteiger partial charge in [0, 0.05) is 13.7 Å². The predicted octanol–water partition coefficient (Wildman–Crippen LogP) is 5.11. The highest BCUT2D eigenvalue weighted by molar-refractivity contribution is 7.56. The lowest BCUT2D eigenvalue weighted by Gasteiger charge is -2.23. The third-order valence-corrected chi connectivity index (χ3v) is 5.62. The number of rotatable bonds is 7. The maximum Gasteiger partial charge on any atom is 0.340 e. The first-order valence-electron chi connectivity index (χ1n) is 7.89. The number of carboxylic acid groups (broad SMARTS) is 3. The van der Waals surface area contributed by atoms with Crippen LogP contribution in [0.4, 0.5) is 0 Å². The molecule has 0 spiro atoms. The van der Waals surface area contributed by atoms with Gasteiger partial charge in [0.05, 0.1) is 5.56 Å². The number of carbonyl (C=O) groups is 3. The molecule has 0 saturated heterocycles. The molecule has 0 aliphatic carbocycles. The fourth-order valence-electron chi connectivity index (χ4n) is 2.46. The zero-order chi connectivity index (χ0) is 21.1. The van der Waals surface area contributed by atoms with E-state index in [2.05, 4.69) is 4.74 Å². The Kier molecular flexibility index (Phi) is 9.30. The van der Waals surface area contributed by atoms with Gasteiger partial charge in [-0.05, 0) is 30.7 Å². The molecule has 0 aliphatic heterocycles. The van der Waals surface area contributed by atoms with Gasteiger partial charge in [0.15, 0.2) is 0 Å². The Bertz CT molecular complexity index is 1020. The predicted molar refractivity (Wildman–Crippen MR) is 114 cm³/mol. The van der Waals surface area contributed by atoms with Crippen LogP contribution in [-0.4, -0.2) is 46.9 Å². The fourth-order valence-corrected chi connectivity index (χ4v) is 3.70. The number of carboxylic acids is 3. The average Bonchev–Trinajstić information content (AvgIpc) is 2.60. The second-order valence-electron chi connectivity index (χ2n) is 5.73.